The fraction of sp³-hybridized carbons (Fsp3) is 0.333. The van der Waals surface area contributed by atoms with Crippen molar-refractivity contribution in [2.24, 2.45) is 0 Å². The summed E-state index contributed by atoms with van der Waals surface area (Å²) in [5.74, 6) is 5.09. The molecule has 3 aromatic rings. The number of rotatable bonds is 17. The molecule has 0 aliphatic carbocycles. The second kappa shape index (κ2) is 17.9. The molecule has 0 aliphatic heterocycles. The van der Waals surface area contributed by atoms with E-state index in [0.29, 0.717) is 102 Å². The average Bonchev–Trinajstić information content (AvgIpc) is 2.99. The van der Waals surface area contributed by atoms with Crippen molar-refractivity contribution in [2.75, 3.05) is 5.32 Å². The van der Waals surface area contributed by atoms with Gasteiger partial charge in [-0.25, -0.2) is 0 Å². The number of carbonyl (C=O) groups is 3. The molecule has 2 aromatic carbocycles. The first-order chi connectivity index (χ1) is 21.2. The van der Waals surface area contributed by atoms with E-state index in [2.05, 4.69) is 22.1 Å². The number of aromatic nitrogens is 1. The zero-order valence-corrected chi connectivity index (χ0v) is 26.4. The van der Waals surface area contributed by atoms with E-state index in [0.717, 1.165) is 5.56 Å². The highest BCUT2D eigenvalue weighted by molar-refractivity contribution is 6.39. The molecule has 0 saturated carbocycles. The van der Waals surface area contributed by atoms with E-state index < -0.39 is 5.97 Å². The highest BCUT2D eigenvalue weighted by atomic mass is 35.5. The summed E-state index contributed by atoms with van der Waals surface area (Å²) < 4.78 is 5.96. The zero-order chi connectivity index (χ0) is 31.9. The number of halogens is 2. The van der Waals surface area contributed by atoms with Gasteiger partial charge in [0.15, 0.2) is 5.75 Å². The first kappa shape index (κ1) is 34.4. The minimum atomic E-state index is -0.501. The number of hydrogen-bond donors (Lipinski definition) is 1. The molecule has 6 nitrogen and oxygen atoms in total. The Hall–Kier alpha value is -4.10. The number of terminal acetylenes is 2. The predicted octanol–water partition coefficient (Wildman–Crippen LogP) is 8.20. The molecule has 0 aliphatic rings. The van der Waals surface area contributed by atoms with Crippen molar-refractivity contribution in [3.8, 4) is 30.4 Å². The third-order valence-corrected chi connectivity index (χ3v) is 7.71. The van der Waals surface area contributed by atoms with E-state index in [-0.39, 0.29) is 24.4 Å². The standard InChI is InChI=1S/C36H36Cl2N2O4/c1-4-6-8-14-28(41)20-19-27-24-39-25(3)36(30(27)22-21-29(42)15-9-7-5-2)44-34(43)23-26-13-10-11-18-33(26)40-35-31(37)16-12-17-32(35)38/h1-2,10-13,16-18,24,40H,6-9,14-15,19-23H2,3H3. The second-order valence-corrected chi connectivity index (χ2v) is 11.2. The molecule has 1 N–H and O–H groups in total. The summed E-state index contributed by atoms with van der Waals surface area (Å²) in [4.78, 5) is 43.0. The largest absolute Gasteiger partial charge is 0.424 e. The Labute approximate surface area is 269 Å². The Morgan fingerprint density at radius 2 is 1.45 bits per heavy atom. The first-order valence-electron chi connectivity index (χ1n) is 14.6. The summed E-state index contributed by atoms with van der Waals surface area (Å²) >= 11 is 12.7. The fourth-order valence-electron chi connectivity index (χ4n) is 4.72. The van der Waals surface area contributed by atoms with Crippen molar-refractivity contribution in [3.05, 3.63) is 81.1 Å². The van der Waals surface area contributed by atoms with Gasteiger partial charge < -0.3 is 10.1 Å². The number of esters is 1. The molecule has 3 rings (SSSR count). The van der Waals surface area contributed by atoms with E-state index in [1.165, 1.54) is 0 Å². The number of Topliss-reactive ketones (excluding diaryl/α,β-unsaturated/α-hetero) is 2. The van der Waals surface area contributed by atoms with Crippen LogP contribution in [0.5, 0.6) is 5.75 Å². The molecule has 44 heavy (non-hydrogen) atoms. The Morgan fingerprint density at radius 3 is 2.09 bits per heavy atom. The summed E-state index contributed by atoms with van der Waals surface area (Å²) in [5.41, 5.74) is 3.87. The molecule has 0 spiro atoms. The van der Waals surface area contributed by atoms with Crippen LogP contribution in [-0.2, 0) is 33.6 Å². The fourth-order valence-corrected chi connectivity index (χ4v) is 5.21. The molecule has 0 amide bonds. The molecular weight excluding hydrogens is 595 g/mol. The number of nitrogens with one attached hydrogen (secondary N) is 1. The number of anilines is 2. The molecule has 0 unspecified atom stereocenters. The van der Waals surface area contributed by atoms with E-state index in [1.54, 1.807) is 31.3 Å². The van der Waals surface area contributed by atoms with Gasteiger partial charge in [-0.05, 0) is 61.9 Å². The maximum Gasteiger partial charge on any atom is 0.315 e. The van der Waals surface area contributed by atoms with Crippen molar-refractivity contribution in [3.63, 3.8) is 0 Å². The van der Waals surface area contributed by atoms with E-state index in [4.69, 9.17) is 40.8 Å². The summed E-state index contributed by atoms with van der Waals surface area (Å²) in [6.07, 6.45) is 16.7. The van der Waals surface area contributed by atoms with Gasteiger partial charge in [0.1, 0.15) is 11.6 Å². The van der Waals surface area contributed by atoms with Crippen molar-refractivity contribution in [2.45, 2.75) is 77.6 Å². The van der Waals surface area contributed by atoms with Crippen LogP contribution < -0.4 is 10.1 Å². The lowest BCUT2D eigenvalue weighted by atomic mass is 9.95. The summed E-state index contributed by atoms with van der Waals surface area (Å²) in [6, 6.07) is 12.5. The first-order valence-corrected chi connectivity index (χ1v) is 15.4. The van der Waals surface area contributed by atoms with Gasteiger partial charge in [-0.2, -0.15) is 0 Å². The minimum Gasteiger partial charge on any atom is -0.424 e. The van der Waals surface area contributed by atoms with Crippen molar-refractivity contribution in [1.29, 1.82) is 0 Å². The topological polar surface area (TPSA) is 85.4 Å². The van der Waals surface area contributed by atoms with Gasteiger partial charge in [0.05, 0.1) is 27.8 Å². The van der Waals surface area contributed by atoms with Gasteiger partial charge >= 0.3 is 5.97 Å². The van der Waals surface area contributed by atoms with Crippen LogP contribution in [0.1, 0.15) is 73.8 Å². The number of unbranched alkanes of at least 4 members (excludes halogenated alkanes) is 2. The number of pyridine rings is 1. The predicted molar refractivity (Wildman–Crippen MR) is 177 cm³/mol. The normalized spacial score (nSPS) is 10.5. The van der Waals surface area contributed by atoms with Crippen LogP contribution in [0.25, 0.3) is 0 Å². The smallest absolute Gasteiger partial charge is 0.315 e. The molecule has 228 valence electrons. The van der Waals surface area contributed by atoms with Crippen LogP contribution in [0.15, 0.2) is 48.7 Å². The van der Waals surface area contributed by atoms with Gasteiger partial charge in [-0.3, -0.25) is 19.4 Å². The highest BCUT2D eigenvalue weighted by Gasteiger charge is 2.20. The van der Waals surface area contributed by atoms with E-state index in [1.807, 2.05) is 24.3 Å². The van der Waals surface area contributed by atoms with Crippen LogP contribution in [-0.4, -0.2) is 22.5 Å². The van der Waals surface area contributed by atoms with Crippen LogP contribution in [0.2, 0.25) is 10.0 Å². The van der Waals surface area contributed by atoms with Gasteiger partial charge in [0.25, 0.3) is 0 Å². The summed E-state index contributed by atoms with van der Waals surface area (Å²) in [5, 5.41) is 4.12. The maximum absolute atomic E-state index is 13.4. The number of aryl methyl sites for hydroxylation is 2. The van der Waals surface area contributed by atoms with Gasteiger partial charge in [0.2, 0.25) is 0 Å². The van der Waals surface area contributed by atoms with E-state index in [9.17, 15) is 14.4 Å². The molecule has 0 radical (unpaired) electrons. The third kappa shape index (κ3) is 10.6. The lowest BCUT2D eigenvalue weighted by Crippen LogP contribution is -2.16. The van der Waals surface area contributed by atoms with Crippen molar-refractivity contribution < 1.29 is 19.1 Å². The summed E-state index contributed by atoms with van der Waals surface area (Å²) in [7, 11) is 0. The van der Waals surface area contributed by atoms with Gasteiger partial charge in [-0.15, -0.1) is 24.7 Å². The molecule has 8 heteroatoms. The number of nitrogens with zero attached hydrogens (tertiary/aromatic N) is 1. The van der Waals surface area contributed by atoms with Crippen molar-refractivity contribution in [1.82, 2.24) is 4.98 Å². The Bertz CT molecular complexity index is 1550. The van der Waals surface area contributed by atoms with Crippen LogP contribution >= 0.6 is 23.2 Å². The molecule has 0 atom stereocenters. The van der Waals surface area contributed by atoms with Crippen LogP contribution in [0.3, 0.4) is 0 Å². The van der Waals surface area contributed by atoms with Crippen LogP contribution in [0.4, 0.5) is 11.4 Å². The Kier molecular flexibility index (Phi) is 14.0. The zero-order valence-electron chi connectivity index (χ0n) is 24.9. The molecule has 0 saturated heterocycles. The maximum atomic E-state index is 13.4. The number of ketones is 2. The summed E-state index contributed by atoms with van der Waals surface area (Å²) in [6.45, 7) is 1.75. The number of carbonyl (C=O) groups excluding carboxylic acids is 3. The minimum absolute atomic E-state index is 0.0486. The lowest BCUT2D eigenvalue weighted by molar-refractivity contribution is -0.133. The number of hydrogen-bond acceptors (Lipinski definition) is 6. The average molecular weight is 632 g/mol. The SMILES string of the molecule is C#CCCCC(=O)CCc1cnc(C)c(OC(=O)Cc2ccccc2Nc2c(Cl)cccc2Cl)c1CCC(=O)CCCC#C. The molecule has 0 bridgehead atoms. The second-order valence-electron chi connectivity index (χ2n) is 10.4. The molecular formula is C36H36Cl2N2O4. The lowest BCUT2D eigenvalue weighted by Gasteiger charge is -2.17. The number of para-hydroxylation sites is 2. The number of ether oxygens (including phenoxy) is 1. The third-order valence-electron chi connectivity index (χ3n) is 7.08. The van der Waals surface area contributed by atoms with Crippen LogP contribution in [0, 0.1) is 31.6 Å². The monoisotopic (exact) mass is 630 g/mol. The highest BCUT2D eigenvalue weighted by Crippen LogP contribution is 2.34. The molecule has 1 aromatic heterocycles. The van der Waals surface area contributed by atoms with Gasteiger partial charge in [-0.1, -0.05) is 47.5 Å². The number of benzene rings is 2. The van der Waals surface area contributed by atoms with Crippen molar-refractivity contribution >= 4 is 52.1 Å². The van der Waals surface area contributed by atoms with E-state index >= 15 is 0 Å². The van der Waals surface area contributed by atoms with Gasteiger partial charge in [0, 0.05) is 56.0 Å². The quantitative estimate of drug-likeness (QED) is 0.0919. The molecule has 1 heterocycles. The molecule has 0 fully saturated rings. The Morgan fingerprint density at radius 1 is 0.841 bits per heavy atom. The Balaban J connectivity index is 1.83.